The number of benzene rings is 1. The summed E-state index contributed by atoms with van der Waals surface area (Å²) in [6.07, 6.45) is 2.05. The smallest absolute Gasteiger partial charge is 0.238 e. The third-order valence-corrected chi connectivity index (χ3v) is 3.24. The van der Waals surface area contributed by atoms with E-state index in [0.29, 0.717) is 17.6 Å². The molecule has 1 atom stereocenters. The predicted molar refractivity (Wildman–Crippen MR) is 75.9 cm³/mol. The van der Waals surface area contributed by atoms with Crippen LogP contribution in [0.3, 0.4) is 0 Å². The molecule has 0 aliphatic carbocycles. The first-order valence-corrected chi connectivity index (χ1v) is 7.16. The van der Waals surface area contributed by atoms with Crippen LogP contribution in [0.15, 0.2) is 24.3 Å². The molecule has 0 spiro atoms. The second-order valence-electron chi connectivity index (χ2n) is 3.79. The molecule has 0 heterocycles. The van der Waals surface area contributed by atoms with Gasteiger partial charge in [-0.1, -0.05) is 11.6 Å². The third-order valence-electron chi connectivity index (χ3n) is 2.16. The summed E-state index contributed by atoms with van der Waals surface area (Å²) in [6, 6.07) is 7.40. The van der Waals surface area contributed by atoms with Gasteiger partial charge in [-0.3, -0.25) is 4.79 Å². The van der Waals surface area contributed by atoms with E-state index in [9.17, 15) is 4.79 Å². The highest BCUT2D eigenvalue weighted by molar-refractivity contribution is 7.98. The van der Waals surface area contributed by atoms with Gasteiger partial charge in [-0.25, -0.2) is 0 Å². The Morgan fingerprint density at radius 1 is 1.41 bits per heavy atom. The van der Waals surface area contributed by atoms with Gasteiger partial charge >= 0.3 is 0 Å². The molecule has 1 aromatic rings. The van der Waals surface area contributed by atoms with Crippen molar-refractivity contribution in [3.8, 4) is 0 Å². The van der Waals surface area contributed by atoms with Crippen molar-refractivity contribution in [2.24, 2.45) is 0 Å². The number of rotatable bonds is 6. The number of hydrogen-bond donors (Lipinski definition) is 2. The van der Waals surface area contributed by atoms with Crippen LogP contribution in [-0.2, 0) is 4.79 Å². The Hall–Kier alpha value is -0.710. The Kier molecular flexibility index (Phi) is 6.40. The van der Waals surface area contributed by atoms with Crippen molar-refractivity contribution in [1.82, 2.24) is 5.32 Å². The maximum atomic E-state index is 11.6. The van der Waals surface area contributed by atoms with Crippen molar-refractivity contribution in [3.05, 3.63) is 29.3 Å². The van der Waals surface area contributed by atoms with Crippen LogP contribution in [0, 0.1) is 0 Å². The summed E-state index contributed by atoms with van der Waals surface area (Å²) in [7, 11) is 0. The zero-order valence-electron chi connectivity index (χ0n) is 10.00. The van der Waals surface area contributed by atoms with E-state index in [1.807, 2.05) is 6.26 Å². The lowest BCUT2D eigenvalue weighted by atomic mass is 10.3. The molecule has 0 fully saturated rings. The topological polar surface area (TPSA) is 41.1 Å². The quantitative estimate of drug-likeness (QED) is 0.836. The number of amides is 1. The molecule has 5 heteroatoms. The molecule has 3 nitrogen and oxygen atoms in total. The zero-order chi connectivity index (χ0) is 12.7. The van der Waals surface area contributed by atoms with Gasteiger partial charge in [0.15, 0.2) is 0 Å². The van der Waals surface area contributed by atoms with Crippen molar-refractivity contribution in [3.63, 3.8) is 0 Å². The van der Waals surface area contributed by atoms with Crippen LogP contribution in [0.5, 0.6) is 0 Å². The average molecular weight is 273 g/mol. The number of nitrogens with one attached hydrogen (secondary N) is 2. The molecule has 0 aliphatic rings. The predicted octanol–water partition coefficient (Wildman–Crippen LogP) is 2.62. The van der Waals surface area contributed by atoms with Crippen molar-refractivity contribution in [2.45, 2.75) is 13.0 Å². The van der Waals surface area contributed by atoms with Crippen LogP contribution >= 0.6 is 23.4 Å². The Balaban J connectivity index is 2.32. The van der Waals surface area contributed by atoms with Gasteiger partial charge in [-0.05, 0) is 37.4 Å². The van der Waals surface area contributed by atoms with E-state index < -0.39 is 0 Å². The van der Waals surface area contributed by atoms with Crippen LogP contribution < -0.4 is 10.6 Å². The van der Waals surface area contributed by atoms with Crippen molar-refractivity contribution in [1.29, 1.82) is 0 Å². The Morgan fingerprint density at radius 2 is 2.06 bits per heavy atom. The molecular weight excluding hydrogens is 256 g/mol. The molecule has 0 saturated carbocycles. The van der Waals surface area contributed by atoms with Crippen molar-refractivity contribution >= 4 is 35.0 Å². The molecule has 1 aromatic carbocycles. The summed E-state index contributed by atoms with van der Waals surface area (Å²) in [4.78, 5) is 11.6. The molecule has 2 N–H and O–H groups in total. The highest BCUT2D eigenvalue weighted by atomic mass is 35.5. The maximum Gasteiger partial charge on any atom is 0.238 e. The number of thioether (sulfide) groups is 1. The minimum absolute atomic E-state index is 0.0414. The number of hydrogen-bond acceptors (Lipinski definition) is 3. The first-order chi connectivity index (χ1) is 8.11. The first kappa shape index (κ1) is 14.4. The SMILES string of the molecule is CSCC(C)NCC(=O)Nc1ccc(Cl)cc1. The van der Waals surface area contributed by atoms with Gasteiger partial charge in [-0.15, -0.1) is 0 Å². The van der Waals surface area contributed by atoms with Crippen LogP contribution in [0.1, 0.15) is 6.92 Å². The number of halogens is 1. The summed E-state index contributed by atoms with van der Waals surface area (Å²) in [5.41, 5.74) is 0.763. The molecule has 0 aromatic heterocycles. The van der Waals surface area contributed by atoms with E-state index in [2.05, 4.69) is 17.6 Å². The molecular formula is C12H17ClN2OS. The fourth-order valence-corrected chi connectivity index (χ4v) is 2.06. The normalized spacial score (nSPS) is 12.2. The second kappa shape index (κ2) is 7.58. The van der Waals surface area contributed by atoms with Gasteiger partial charge in [0.05, 0.1) is 6.54 Å². The lowest BCUT2D eigenvalue weighted by Gasteiger charge is -2.12. The fraction of sp³-hybridized carbons (Fsp3) is 0.417. The third kappa shape index (κ3) is 5.96. The van der Waals surface area contributed by atoms with E-state index in [0.717, 1.165) is 11.4 Å². The molecule has 1 unspecified atom stereocenters. The molecule has 1 amide bonds. The largest absolute Gasteiger partial charge is 0.325 e. The maximum absolute atomic E-state index is 11.6. The molecule has 17 heavy (non-hydrogen) atoms. The van der Waals surface area contributed by atoms with Gasteiger partial charge in [0, 0.05) is 22.5 Å². The van der Waals surface area contributed by atoms with Gasteiger partial charge in [0.2, 0.25) is 5.91 Å². The summed E-state index contributed by atoms with van der Waals surface area (Å²) >= 11 is 7.52. The van der Waals surface area contributed by atoms with Crippen LogP contribution in [0.2, 0.25) is 5.02 Å². The van der Waals surface area contributed by atoms with Gasteiger partial charge in [-0.2, -0.15) is 11.8 Å². The lowest BCUT2D eigenvalue weighted by Crippen LogP contribution is -2.35. The molecule has 0 bridgehead atoms. The fourth-order valence-electron chi connectivity index (χ4n) is 1.31. The van der Waals surface area contributed by atoms with E-state index >= 15 is 0 Å². The van der Waals surface area contributed by atoms with Crippen molar-refractivity contribution in [2.75, 3.05) is 23.9 Å². The first-order valence-electron chi connectivity index (χ1n) is 5.39. The number of carbonyl (C=O) groups excluding carboxylic acids is 1. The second-order valence-corrected chi connectivity index (χ2v) is 5.14. The Morgan fingerprint density at radius 3 is 2.65 bits per heavy atom. The van der Waals surface area contributed by atoms with Crippen LogP contribution in [-0.4, -0.2) is 30.5 Å². The highest BCUT2D eigenvalue weighted by Crippen LogP contribution is 2.12. The van der Waals surface area contributed by atoms with E-state index in [1.54, 1.807) is 36.0 Å². The van der Waals surface area contributed by atoms with Gasteiger partial charge in [0.1, 0.15) is 0 Å². The molecule has 94 valence electrons. The lowest BCUT2D eigenvalue weighted by molar-refractivity contribution is -0.115. The Labute approximate surface area is 111 Å². The number of anilines is 1. The van der Waals surface area contributed by atoms with Crippen LogP contribution in [0.25, 0.3) is 0 Å². The van der Waals surface area contributed by atoms with Gasteiger partial charge < -0.3 is 10.6 Å². The van der Waals surface area contributed by atoms with E-state index in [-0.39, 0.29) is 5.91 Å². The summed E-state index contributed by atoms with van der Waals surface area (Å²) in [5.74, 6) is 0.953. The number of carbonyl (C=O) groups is 1. The average Bonchev–Trinajstić information content (AvgIpc) is 2.30. The summed E-state index contributed by atoms with van der Waals surface area (Å²) in [6.45, 7) is 2.39. The molecule has 1 rings (SSSR count). The van der Waals surface area contributed by atoms with E-state index in [4.69, 9.17) is 11.6 Å². The molecule has 0 radical (unpaired) electrons. The molecule has 0 saturated heterocycles. The summed E-state index contributed by atoms with van der Waals surface area (Å²) < 4.78 is 0. The minimum atomic E-state index is -0.0414. The highest BCUT2D eigenvalue weighted by Gasteiger charge is 2.05. The van der Waals surface area contributed by atoms with E-state index in [1.165, 1.54) is 0 Å². The Bertz CT molecular complexity index is 356. The standard InChI is InChI=1S/C12H17ClN2OS/c1-9(8-17-2)14-7-12(16)15-11-5-3-10(13)4-6-11/h3-6,9,14H,7-8H2,1-2H3,(H,15,16). The van der Waals surface area contributed by atoms with Gasteiger partial charge in [0.25, 0.3) is 0 Å². The monoisotopic (exact) mass is 272 g/mol. The molecule has 0 aliphatic heterocycles. The minimum Gasteiger partial charge on any atom is -0.325 e. The van der Waals surface area contributed by atoms with Crippen LogP contribution in [0.4, 0.5) is 5.69 Å². The van der Waals surface area contributed by atoms with Crippen molar-refractivity contribution < 1.29 is 4.79 Å². The zero-order valence-corrected chi connectivity index (χ0v) is 11.6. The summed E-state index contributed by atoms with van der Waals surface area (Å²) in [5, 5.41) is 6.62.